The number of benzene rings is 1. The van der Waals surface area contributed by atoms with Gasteiger partial charge < -0.3 is 13.9 Å². The van der Waals surface area contributed by atoms with E-state index in [-0.39, 0.29) is 11.1 Å². The summed E-state index contributed by atoms with van der Waals surface area (Å²) in [5, 5.41) is 0.517. The number of hydrogen-bond donors (Lipinski definition) is 2. The molecule has 2 heterocycles. The summed E-state index contributed by atoms with van der Waals surface area (Å²) in [4.78, 5) is 50.0. The molecule has 4 rings (SSSR count). The molecule has 1 aromatic heterocycles. The Morgan fingerprint density at radius 2 is 1.80 bits per heavy atom. The summed E-state index contributed by atoms with van der Waals surface area (Å²) in [6.45, 7) is 5.39. The summed E-state index contributed by atoms with van der Waals surface area (Å²) in [5.41, 5.74) is 0.774. The lowest BCUT2D eigenvalue weighted by Crippen LogP contribution is -2.57. The molecule has 2 atom stereocenters. The molecule has 30 heavy (non-hydrogen) atoms. The van der Waals surface area contributed by atoms with Crippen molar-refractivity contribution in [2.24, 2.45) is 10.8 Å². The summed E-state index contributed by atoms with van der Waals surface area (Å²) in [6, 6.07) is 6.21. The standard InChI is InChI=1S/C21H22N2O7/c1-19(2)20(3)7-8-21(19,30-18(20)27)17(26)23-22-15(24)13-9-11-5-6-12(28-4)10-14(11)29-16(13)25/h5-6,9-10H,7-8H2,1-4H3,(H,22,24)(H,23,26). The van der Waals surface area contributed by atoms with E-state index in [0.717, 1.165) is 0 Å². The summed E-state index contributed by atoms with van der Waals surface area (Å²) < 4.78 is 15.8. The van der Waals surface area contributed by atoms with Gasteiger partial charge in [0.2, 0.25) is 0 Å². The second-order valence-corrected chi connectivity index (χ2v) is 8.43. The zero-order chi connectivity index (χ0) is 21.9. The van der Waals surface area contributed by atoms with E-state index in [4.69, 9.17) is 13.9 Å². The van der Waals surface area contributed by atoms with Crippen LogP contribution in [0, 0.1) is 10.8 Å². The quantitative estimate of drug-likeness (QED) is 0.445. The fourth-order valence-corrected chi connectivity index (χ4v) is 4.41. The Hall–Kier alpha value is -3.36. The number of rotatable bonds is 3. The van der Waals surface area contributed by atoms with Crippen molar-refractivity contribution in [3.8, 4) is 5.75 Å². The third-order valence-electron chi connectivity index (χ3n) is 6.93. The van der Waals surface area contributed by atoms with Gasteiger partial charge in [-0.2, -0.15) is 0 Å². The van der Waals surface area contributed by atoms with Crippen LogP contribution in [-0.2, 0) is 14.3 Å². The molecule has 158 valence electrons. The van der Waals surface area contributed by atoms with Crippen LogP contribution in [0.4, 0.5) is 0 Å². The van der Waals surface area contributed by atoms with E-state index in [9.17, 15) is 19.2 Å². The number of methoxy groups -OCH3 is 1. The van der Waals surface area contributed by atoms with Gasteiger partial charge in [-0.1, -0.05) is 13.8 Å². The summed E-state index contributed by atoms with van der Waals surface area (Å²) in [6.07, 6.45) is 0.863. The predicted octanol–water partition coefficient (Wildman–Crippen LogP) is 1.68. The van der Waals surface area contributed by atoms with Crippen molar-refractivity contribution >= 4 is 28.8 Å². The second-order valence-electron chi connectivity index (χ2n) is 8.43. The van der Waals surface area contributed by atoms with Crippen LogP contribution < -0.4 is 21.2 Å². The van der Waals surface area contributed by atoms with Crippen molar-refractivity contribution in [3.05, 3.63) is 40.2 Å². The maximum absolute atomic E-state index is 12.9. The lowest BCUT2D eigenvalue weighted by Gasteiger charge is -2.35. The largest absolute Gasteiger partial charge is 0.497 e. The minimum atomic E-state index is -1.38. The molecule has 0 radical (unpaired) electrons. The van der Waals surface area contributed by atoms with Crippen LogP contribution in [0.5, 0.6) is 5.75 Å². The van der Waals surface area contributed by atoms with Crippen LogP contribution in [-0.4, -0.2) is 30.5 Å². The van der Waals surface area contributed by atoms with E-state index in [1.165, 1.54) is 19.2 Å². The molecule has 2 aromatic rings. The Morgan fingerprint density at radius 1 is 1.07 bits per heavy atom. The molecule has 1 aromatic carbocycles. The molecule has 9 nitrogen and oxygen atoms in total. The van der Waals surface area contributed by atoms with Gasteiger partial charge >= 0.3 is 11.6 Å². The van der Waals surface area contributed by atoms with Gasteiger partial charge in [0, 0.05) is 16.9 Å². The lowest BCUT2D eigenvalue weighted by atomic mass is 9.66. The minimum absolute atomic E-state index is 0.267. The number of fused-ring (bicyclic) bond motifs is 3. The maximum Gasteiger partial charge on any atom is 0.349 e. The van der Waals surface area contributed by atoms with Crippen LogP contribution in [0.25, 0.3) is 11.0 Å². The Bertz CT molecular complexity index is 1150. The van der Waals surface area contributed by atoms with Crippen molar-refractivity contribution in [1.29, 1.82) is 0 Å². The fraction of sp³-hybridized carbons (Fsp3) is 0.429. The highest BCUT2D eigenvalue weighted by Gasteiger charge is 2.75. The number of nitrogens with one attached hydrogen (secondary N) is 2. The number of carbonyl (C=O) groups excluding carboxylic acids is 3. The first-order valence-corrected chi connectivity index (χ1v) is 9.52. The Morgan fingerprint density at radius 3 is 2.40 bits per heavy atom. The maximum atomic E-state index is 12.9. The third-order valence-corrected chi connectivity index (χ3v) is 6.93. The van der Waals surface area contributed by atoms with E-state index >= 15 is 0 Å². The van der Waals surface area contributed by atoms with E-state index in [0.29, 0.717) is 24.0 Å². The van der Waals surface area contributed by atoms with Crippen molar-refractivity contribution in [3.63, 3.8) is 0 Å². The normalized spacial score (nSPS) is 26.3. The van der Waals surface area contributed by atoms with Gasteiger partial charge in [0.05, 0.1) is 12.5 Å². The topological polar surface area (TPSA) is 124 Å². The van der Waals surface area contributed by atoms with Crippen molar-refractivity contribution in [2.75, 3.05) is 7.11 Å². The van der Waals surface area contributed by atoms with E-state index in [1.807, 2.05) is 0 Å². The predicted molar refractivity (Wildman–Crippen MR) is 105 cm³/mol. The molecule has 1 saturated heterocycles. The van der Waals surface area contributed by atoms with Crippen LogP contribution in [0.3, 0.4) is 0 Å². The number of amides is 2. The summed E-state index contributed by atoms with van der Waals surface area (Å²) in [7, 11) is 1.49. The average molecular weight is 414 g/mol. The number of esters is 1. The Kier molecular flexibility index (Phi) is 4.20. The fourth-order valence-electron chi connectivity index (χ4n) is 4.41. The van der Waals surface area contributed by atoms with Gasteiger partial charge in [-0.25, -0.2) is 4.79 Å². The first kappa shape index (κ1) is 19.9. The van der Waals surface area contributed by atoms with Gasteiger partial charge in [0.1, 0.15) is 16.9 Å². The smallest absolute Gasteiger partial charge is 0.349 e. The number of hydrazine groups is 1. The lowest BCUT2D eigenvalue weighted by molar-refractivity contribution is -0.168. The van der Waals surface area contributed by atoms with Gasteiger partial charge in [0.25, 0.3) is 11.8 Å². The monoisotopic (exact) mass is 414 g/mol. The second kappa shape index (κ2) is 6.32. The van der Waals surface area contributed by atoms with Gasteiger partial charge in [-0.15, -0.1) is 0 Å². The van der Waals surface area contributed by atoms with Crippen LogP contribution >= 0.6 is 0 Å². The van der Waals surface area contributed by atoms with E-state index in [2.05, 4.69) is 10.9 Å². The molecule has 9 heteroatoms. The molecule has 1 saturated carbocycles. The number of hydrogen-bond acceptors (Lipinski definition) is 7. The Balaban J connectivity index is 1.54. The molecule has 2 bridgehead atoms. The average Bonchev–Trinajstić information content (AvgIpc) is 3.01. The van der Waals surface area contributed by atoms with E-state index in [1.54, 1.807) is 32.9 Å². The number of ether oxygens (including phenoxy) is 2. The SMILES string of the molecule is COc1ccc2cc(C(=O)NNC(=O)C34CCC(C)(C(=O)O3)C4(C)C)c(=O)oc2c1. The molecular weight excluding hydrogens is 392 g/mol. The van der Waals surface area contributed by atoms with Crippen LogP contribution in [0.15, 0.2) is 33.5 Å². The van der Waals surface area contributed by atoms with Gasteiger partial charge in [0.15, 0.2) is 5.60 Å². The molecule has 2 aliphatic rings. The zero-order valence-corrected chi connectivity index (χ0v) is 17.1. The van der Waals surface area contributed by atoms with Crippen LogP contribution in [0.2, 0.25) is 0 Å². The number of carbonyl (C=O) groups is 3. The molecular formula is C21H22N2O7. The molecule has 0 spiro atoms. The highest BCUT2D eigenvalue weighted by atomic mass is 16.6. The summed E-state index contributed by atoms with van der Waals surface area (Å²) >= 11 is 0. The molecule has 2 N–H and O–H groups in total. The summed E-state index contributed by atoms with van der Waals surface area (Å²) in [5.74, 6) is -1.39. The first-order chi connectivity index (χ1) is 14.1. The van der Waals surface area contributed by atoms with Crippen LogP contribution in [0.1, 0.15) is 44.0 Å². The van der Waals surface area contributed by atoms with Crippen molar-refractivity contribution < 1.29 is 28.3 Å². The first-order valence-electron chi connectivity index (χ1n) is 9.52. The highest BCUT2D eigenvalue weighted by Crippen LogP contribution is 2.65. The highest BCUT2D eigenvalue weighted by molar-refractivity contribution is 6.00. The van der Waals surface area contributed by atoms with E-state index < -0.39 is 39.8 Å². The minimum Gasteiger partial charge on any atom is -0.497 e. The molecule has 1 aliphatic heterocycles. The Labute approximate surface area is 171 Å². The van der Waals surface area contributed by atoms with Gasteiger partial charge in [-0.05, 0) is 38.0 Å². The molecule has 2 fully saturated rings. The van der Waals surface area contributed by atoms with Crippen molar-refractivity contribution in [1.82, 2.24) is 10.9 Å². The van der Waals surface area contributed by atoms with Crippen molar-refractivity contribution in [2.45, 2.75) is 39.2 Å². The zero-order valence-electron chi connectivity index (χ0n) is 17.1. The molecule has 2 amide bonds. The van der Waals surface area contributed by atoms with Gasteiger partial charge in [-0.3, -0.25) is 25.2 Å². The third kappa shape index (κ3) is 2.47. The molecule has 2 unspecified atom stereocenters. The molecule has 1 aliphatic carbocycles.